The molecule has 1 aromatic heterocycles. The minimum absolute atomic E-state index is 0.121. The maximum absolute atomic E-state index is 13.9. The van der Waals surface area contributed by atoms with Crippen LogP contribution in [0.1, 0.15) is 0 Å². The number of hydrogen-bond acceptors (Lipinski definition) is 6. The SMILES string of the molecule is O=C(CSc1nc2ccccc2o1)N1CCN(S(=O)(=O)c2ccccc2F)CC1. The molecule has 29 heavy (non-hydrogen) atoms. The van der Waals surface area contributed by atoms with Gasteiger partial charge >= 0.3 is 0 Å². The highest BCUT2D eigenvalue weighted by Crippen LogP contribution is 2.24. The predicted molar refractivity (Wildman–Crippen MR) is 106 cm³/mol. The number of para-hydroxylation sites is 2. The molecule has 0 spiro atoms. The molecule has 1 aliphatic heterocycles. The molecule has 7 nitrogen and oxygen atoms in total. The number of sulfonamides is 1. The van der Waals surface area contributed by atoms with E-state index in [1.807, 2.05) is 24.3 Å². The summed E-state index contributed by atoms with van der Waals surface area (Å²) in [6.45, 7) is 0.743. The molecule has 0 N–H and O–H groups in total. The fraction of sp³-hybridized carbons (Fsp3) is 0.263. The second kappa shape index (κ2) is 8.13. The van der Waals surface area contributed by atoms with Crippen molar-refractivity contribution in [3.8, 4) is 0 Å². The highest BCUT2D eigenvalue weighted by molar-refractivity contribution is 7.99. The normalized spacial score (nSPS) is 15.7. The minimum Gasteiger partial charge on any atom is -0.431 e. The fourth-order valence-corrected chi connectivity index (χ4v) is 5.33. The summed E-state index contributed by atoms with van der Waals surface area (Å²) in [5, 5.41) is 0.417. The van der Waals surface area contributed by atoms with Crippen molar-refractivity contribution in [2.75, 3.05) is 31.9 Å². The predicted octanol–water partition coefficient (Wildman–Crippen LogP) is 2.59. The molecule has 0 bridgehead atoms. The number of thioether (sulfide) groups is 1. The van der Waals surface area contributed by atoms with Crippen molar-refractivity contribution in [2.45, 2.75) is 10.1 Å². The maximum Gasteiger partial charge on any atom is 0.257 e. The molecule has 1 fully saturated rings. The Morgan fingerprint density at radius 1 is 1.07 bits per heavy atom. The van der Waals surface area contributed by atoms with Gasteiger partial charge < -0.3 is 9.32 Å². The third-order valence-corrected chi connectivity index (χ3v) is 7.38. The Labute approximate surface area is 171 Å². The van der Waals surface area contributed by atoms with Gasteiger partial charge in [-0.2, -0.15) is 4.31 Å². The molecule has 152 valence electrons. The molecule has 2 aromatic carbocycles. The number of hydrogen-bond donors (Lipinski definition) is 0. The van der Waals surface area contributed by atoms with E-state index >= 15 is 0 Å². The van der Waals surface area contributed by atoms with E-state index in [-0.39, 0.29) is 42.7 Å². The third kappa shape index (κ3) is 4.14. The number of rotatable bonds is 5. The Hall–Kier alpha value is -2.43. The smallest absolute Gasteiger partial charge is 0.257 e. The first-order valence-electron chi connectivity index (χ1n) is 8.96. The molecular formula is C19H18FN3O4S2. The number of halogens is 1. The second-order valence-corrected chi connectivity index (χ2v) is 9.28. The first kappa shape index (κ1) is 19.9. The summed E-state index contributed by atoms with van der Waals surface area (Å²) in [6.07, 6.45) is 0. The zero-order chi connectivity index (χ0) is 20.4. The van der Waals surface area contributed by atoms with Gasteiger partial charge in [-0.05, 0) is 24.3 Å². The highest BCUT2D eigenvalue weighted by Gasteiger charge is 2.31. The molecule has 0 unspecified atom stereocenters. The molecule has 4 rings (SSSR count). The lowest BCUT2D eigenvalue weighted by molar-refractivity contribution is -0.129. The maximum atomic E-state index is 13.9. The summed E-state index contributed by atoms with van der Waals surface area (Å²) >= 11 is 1.20. The van der Waals surface area contributed by atoms with E-state index in [2.05, 4.69) is 4.98 Å². The van der Waals surface area contributed by atoms with Gasteiger partial charge in [0.25, 0.3) is 5.22 Å². The Balaban J connectivity index is 1.34. The number of fused-ring (bicyclic) bond motifs is 1. The average molecular weight is 436 g/mol. The summed E-state index contributed by atoms with van der Waals surface area (Å²) in [5.74, 6) is -0.756. The summed E-state index contributed by atoms with van der Waals surface area (Å²) in [4.78, 5) is 18.1. The van der Waals surface area contributed by atoms with Crippen LogP contribution in [-0.4, -0.2) is 60.4 Å². The highest BCUT2D eigenvalue weighted by atomic mass is 32.2. The summed E-state index contributed by atoms with van der Waals surface area (Å²) in [7, 11) is -3.92. The van der Waals surface area contributed by atoms with E-state index in [0.717, 1.165) is 11.6 Å². The Bertz CT molecular complexity index is 1110. The first-order valence-corrected chi connectivity index (χ1v) is 11.4. The molecule has 0 aliphatic carbocycles. The van der Waals surface area contributed by atoms with Crippen molar-refractivity contribution < 1.29 is 22.0 Å². The zero-order valence-electron chi connectivity index (χ0n) is 15.3. The van der Waals surface area contributed by atoms with Crippen molar-refractivity contribution in [2.24, 2.45) is 0 Å². The van der Waals surface area contributed by atoms with E-state index in [9.17, 15) is 17.6 Å². The summed E-state index contributed by atoms with van der Waals surface area (Å²) in [5.41, 5.74) is 1.39. The molecule has 3 aromatic rings. The van der Waals surface area contributed by atoms with Crippen molar-refractivity contribution in [1.29, 1.82) is 0 Å². The van der Waals surface area contributed by atoms with Crippen LogP contribution >= 0.6 is 11.8 Å². The molecule has 1 amide bonds. The van der Waals surface area contributed by atoms with Crippen molar-refractivity contribution in [1.82, 2.24) is 14.2 Å². The molecule has 2 heterocycles. The van der Waals surface area contributed by atoms with E-state index in [4.69, 9.17) is 4.42 Å². The molecule has 1 aliphatic rings. The fourth-order valence-electron chi connectivity index (χ4n) is 3.10. The lowest BCUT2D eigenvalue weighted by Gasteiger charge is -2.34. The number of nitrogens with zero attached hydrogens (tertiary/aromatic N) is 3. The van der Waals surface area contributed by atoms with Crippen LogP contribution < -0.4 is 0 Å². The lowest BCUT2D eigenvalue weighted by Crippen LogP contribution is -2.51. The van der Waals surface area contributed by atoms with Gasteiger partial charge in [-0.3, -0.25) is 4.79 Å². The van der Waals surface area contributed by atoms with Crippen molar-refractivity contribution in [3.63, 3.8) is 0 Å². The van der Waals surface area contributed by atoms with Gasteiger partial charge in [-0.1, -0.05) is 36.0 Å². The number of amides is 1. The molecule has 0 saturated carbocycles. The zero-order valence-corrected chi connectivity index (χ0v) is 17.0. The summed E-state index contributed by atoms with van der Waals surface area (Å²) in [6, 6.07) is 12.7. The standard InChI is InChI=1S/C19H18FN3O4S2/c20-14-5-1-4-8-17(14)29(25,26)23-11-9-22(10-12-23)18(24)13-28-19-21-15-6-2-3-7-16(15)27-19/h1-8H,9-13H2. The van der Waals surface area contributed by atoms with Gasteiger partial charge in [0.1, 0.15) is 16.2 Å². The van der Waals surface area contributed by atoms with Crippen LogP contribution in [0.25, 0.3) is 11.1 Å². The first-order chi connectivity index (χ1) is 13.9. The summed E-state index contributed by atoms with van der Waals surface area (Å²) < 4.78 is 46.0. The average Bonchev–Trinajstić information content (AvgIpc) is 3.15. The second-order valence-electron chi connectivity index (χ2n) is 6.45. The van der Waals surface area contributed by atoms with Crippen LogP contribution in [0.5, 0.6) is 0 Å². The lowest BCUT2D eigenvalue weighted by atomic mass is 10.3. The minimum atomic E-state index is -3.92. The van der Waals surface area contributed by atoms with Gasteiger partial charge in [0.05, 0.1) is 5.75 Å². The van der Waals surface area contributed by atoms with Crippen molar-refractivity contribution in [3.05, 3.63) is 54.3 Å². The van der Waals surface area contributed by atoms with E-state index in [1.54, 1.807) is 4.90 Å². The molecule has 0 atom stereocenters. The van der Waals surface area contributed by atoms with Crippen LogP contribution in [0.2, 0.25) is 0 Å². The Morgan fingerprint density at radius 3 is 2.48 bits per heavy atom. The van der Waals surface area contributed by atoms with Crippen LogP contribution in [0.3, 0.4) is 0 Å². The van der Waals surface area contributed by atoms with Crippen LogP contribution in [0, 0.1) is 5.82 Å². The third-order valence-electron chi connectivity index (χ3n) is 4.64. The largest absolute Gasteiger partial charge is 0.431 e. The molecular weight excluding hydrogens is 417 g/mol. The van der Waals surface area contributed by atoms with Crippen LogP contribution in [-0.2, 0) is 14.8 Å². The molecule has 1 saturated heterocycles. The number of oxazole rings is 1. The van der Waals surface area contributed by atoms with Gasteiger partial charge in [0.15, 0.2) is 5.58 Å². The van der Waals surface area contributed by atoms with Crippen LogP contribution in [0.15, 0.2) is 63.1 Å². The number of benzene rings is 2. The monoisotopic (exact) mass is 435 g/mol. The van der Waals surface area contributed by atoms with Gasteiger partial charge in [-0.15, -0.1) is 0 Å². The van der Waals surface area contributed by atoms with E-state index in [1.165, 1.54) is 34.3 Å². The number of carbonyl (C=O) groups excluding carboxylic acids is 1. The van der Waals surface area contributed by atoms with Crippen molar-refractivity contribution >= 4 is 38.8 Å². The number of piperazine rings is 1. The number of aromatic nitrogens is 1. The topological polar surface area (TPSA) is 83.7 Å². The molecule has 10 heteroatoms. The van der Waals surface area contributed by atoms with Crippen LogP contribution in [0.4, 0.5) is 4.39 Å². The van der Waals surface area contributed by atoms with E-state index in [0.29, 0.717) is 10.8 Å². The Morgan fingerprint density at radius 2 is 1.76 bits per heavy atom. The van der Waals surface area contributed by atoms with Gasteiger partial charge in [0, 0.05) is 26.2 Å². The van der Waals surface area contributed by atoms with Gasteiger partial charge in [0.2, 0.25) is 15.9 Å². The van der Waals surface area contributed by atoms with Gasteiger partial charge in [-0.25, -0.2) is 17.8 Å². The Kier molecular flexibility index (Phi) is 5.57. The quantitative estimate of drug-likeness (QED) is 0.573. The molecule has 0 radical (unpaired) electrons. The van der Waals surface area contributed by atoms with E-state index < -0.39 is 15.8 Å². The number of carbonyl (C=O) groups is 1.